The summed E-state index contributed by atoms with van der Waals surface area (Å²) >= 11 is 0. The van der Waals surface area contributed by atoms with Crippen LogP contribution in [0.3, 0.4) is 0 Å². The number of β-amino-alcohol motifs (C(OH)–C–C–N with tert-alkyl or cyclic N) is 1. The maximum Gasteiger partial charge on any atom is 0.326 e. The number of hydrogen-bond acceptors (Lipinski definition) is 4. The van der Waals surface area contributed by atoms with Gasteiger partial charge < -0.3 is 20.8 Å². The van der Waals surface area contributed by atoms with Crippen molar-refractivity contribution in [2.24, 2.45) is 5.73 Å². The number of aliphatic hydroxyl groups excluding tert-OH is 1. The first-order valence-corrected chi connectivity index (χ1v) is 6.50. The Hall–Kier alpha value is -1.92. The van der Waals surface area contributed by atoms with Gasteiger partial charge in [-0.15, -0.1) is 0 Å². The SMILES string of the molecule is NCc1ccccc1CC(=O)N1C[C@@H](O)C[C@H]1C(=O)O. The zero-order valence-electron chi connectivity index (χ0n) is 11.0. The monoisotopic (exact) mass is 278 g/mol. The van der Waals surface area contributed by atoms with Crippen molar-refractivity contribution in [3.8, 4) is 0 Å². The first-order chi connectivity index (χ1) is 9.52. The van der Waals surface area contributed by atoms with Crippen LogP contribution in [-0.2, 0) is 22.6 Å². The number of aliphatic carboxylic acids is 1. The Morgan fingerprint density at radius 1 is 1.30 bits per heavy atom. The van der Waals surface area contributed by atoms with Gasteiger partial charge in [0.15, 0.2) is 0 Å². The maximum atomic E-state index is 12.3. The van der Waals surface area contributed by atoms with Crippen molar-refractivity contribution < 1.29 is 19.8 Å². The summed E-state index contributed by atoms with van der Waals surface area (Å²) in [4.78, 5) is 24.6. The third-order valence-corrected chi connectivity index (χ3v) is 3.56. The van der Waals surface area contributed by atoms with Crippen LogP contribution in [-0.4, -0.2) is 45.7 Å². The smallest absolute Gasteiger partial charge is 0.326 e. The van der Waals surface area contributed by atoms with Gasteiger partial charge in [0.2, 0.25) is 5.91 Å². The number of benzene rings is 1. The summed E-state index contributed by atoms with van der Waals surface area (Å²) in [5.41, 5.74) is 7.28. The largest absolute Gasteiger partial charge is 0.480 e. The van der Waals surface area contributed by atoms with Crippen LogP contribution in [0, 0.1) is 0 Å². The van der Waals surface area contributed by atoms with E-state index in [0.29, 0.717) is 6.54 Å². The van der Waals surface area contributed by atoms with E-state index < -0.39 is 18.1 Å². The standard InChI is InChI=1S/C14H18N2O4/c15-7-10-4-2-1-3-9(10)5-13(18)16-8-11(17)6-12(16)14(19)20/h1-4,11-12,17H,5-8,15H2,(H,19,20)/t11-,12-/m0/s1. The van der Waals surface area contributed by atoms with Crippen molar-refractivity contribution in [3.05, 3.63) is 35.4 Å². The molecule has 6 heteroatoms. The Bertz CT molecular complexity index is 518. The highest BCUT2D eigenvalue weighted by Crippen LogP contribution is 2.20. The van der Waals surface area contributed by atoms with Crippen molar-refractivity contribution >= 4 is 11.9 Å². The summed E-state index contributed by atoms with van der Waals surface area (Å²) < 4.78 is 0. The molecule has 1 amide bonds. The maximum absolute atomic E-state index is 12.3. The molecular formula is C14H18N2O4. The molecule has 0 radical (unpaired) electrons. The van der Waals surface area contributed by atoms with Crippen LogP contribution in [0.1, 0.15) is 17.5 Å². The Balaban J connectivity index is 2.13. The molecule has 4 N–H and O–H groups in total. The molecule has 0 aromatic heterocycles. The fourth-order valence-corrected chi connectivity index (χ4v) is 2.52. The Kier molecular flexibility index (Phi) is 4.36. The van der Waals surface area contributed by atoms with Gasteiger partial charge in [-0.3, -0.25) is 4.79 Å². The molecule has 1 aromatic rings. The molecule has 1 heterocycles. The number of carboxylic acids is 1. The second-order valence-corrected chi connectivity index (χ2v) is 4.94. The summed E-state index contributed by atoms with van der Waals surface area (Å²) in [7, 11) is 0. The number of rotatable bonds is 4. The van der Waals surface area contributed by atoms with Gasteiger partial charge in [-0.2, -0.15) is 0 Å². The third kappa shape index (κ3) is 2.97. The van der Waals surface area contributed by atoms with E-state index in [-0.39, 0.29) is 25.3 Å². The molecule has 0 bridgehead atoms. The van der Waals surface area contributed by atoms with E-state index in [4.69, 9.17) is 10.8 Å². The molecular weight excluding hydrogens is 260 g/mol. The van der Waals surface area contributed by atoms with Gasteiger partial charge in [0.05, 0.1) is 12.5 Å². The average Bonchev–Trinajstić information content (AvgIpc) is 2.82. The molecule has 6 nitrogen and oxygen atoms in total. The number of carbonyl (C=O) groups is 2. The van der Waals surface area contributed by atoms with Crippen LogP contribution in [0.4, 0.5) is 0 Å². The predicted octanol–water partition coefficient (Wildman–Crippen LogP) is -0.266. The first-order valence-electron chi connectivity index (χ1n) is 6.50. The molecule has 0 saturated carbocycles. The number of nitrogens with two attached hydrogens (primary N) is 1. The lowest BCUT2D eigenvalue weighted by molar-refractivity contribution is -0.148. The lowest BCUT2D eigenvalue weighted by Gasteiger charge is -2.21. The molecule has 108 valence electrons. The lowest BCUT2D eigenvalue weighted by Crippen LogP contribution is -2.41. The quantitative estimate of drug-likeness (QED) is 0.703. The summed E-state index contributed by atoms with van der Waals surface area (Å²) in [5, 5.41) is 18.6. The van der Waals surface area contributed by atoms with E-state index in [0.717, 1.165) is 11.1 Å². The van der Waals surface area contributed by atoms with E-state index in [1.54, 1.807) is 0 Å². The van der Waals surface area contributed by atoms with Gasteiger partial charge in [0, 0.05) is 19.5 Å². The van der Waals surface area contributed by atoms with Gasteiger partial charge in [0.25, 0.3) is 0 Å². The number of likely N-dealkylation sites (tertiary alicyclic amines) is 1. The van der Waals surface area contributed by atoms with Crippen LogP contribution >= 0.6 is 0 Å². The Morgan fingerprint density at radius 3 is 2.55 bits per heavy atom. The molecule has 0 spiro atoms. The van der Waals surface area contributed by atoms with E-state index in [1.807, 2.05) is 24.3 Å². The fourth-order valence-electron chi connectivity index (χ4n) is 2.52. The average molecular weight is 278 g/mol. The minimum Gasteiger partial charge on any atom is -0.480 e. The van der Waals surface area contributed by atoms with Crippen molar-refractivity contribution in [1.82, 2.24) is 4.90 Å². The lowest BCUT2D eigenvalue weighted by atomic mass is 10.0. The molecule has 20 heavy (non-hydrogen) atoms. The number of carbonyl (C=O) groups excluding carboxylic acids is 1. The zero-order valence-corrected chi connectivity index (χ0v) is 11.0. The highest BCUT2D eigenvalue weighted by atomic mass is 16.4. The van der Waals surface area contributed by atoms with Gasteiger partial charge in [-0.25, -0.2) is 4.79 Å². The molecule has 1 aliphatic rings. The van der Waals surface area contributed by atoms with Gasteiger partial charge in [-0.05, 0) is 11.1 Å². The van der Waals surface area contributed by atoms with Crippen LogP contribution in [0.15, 0.2) is 24.3 Å². The van der Waals surface area contributed by atoms with E-state index >= 15 is 0 Å². The van der Waals surface area contributed by atoms with Crippen LogP contribution in [0.2, 0.25) is 0 Å². The molecule has 1 saturated heterocycles. The minimum atomic E-state index is -1.08. The van der Waals surface area contributed by atoms with Crippen LogP contribution in [0.25, 0.3) is 0 Å². The Morgan fingerprint density at radius 2 is 1.95 bits per heavy atom. The summed E-state index contributed by atoms with van der Waals surface area (Å²) in [6.07, 6.45) is -0.589. The molecule has 0 unspecified atom stereocenters. The van der Waals surface area contributed by atoms with E-state index in [2.05, 4.69) is 0 Å². The van der Waals surface area contributed by atoms with E-state index in [1.165, 1.54) is 4.90 Å². The molecule has 0 aliphatic carbocycles. The van der Waals surface area contributed by atoms with Crippen LogP contribution < -0.4 is 5.73 Å². The van der Waals surface area contributed by atoms with Crippen LogP contribution in [0.5, 0.6) is 0 Å². The molecule has 2 rings (SSSR count). The second-order valence-electron chi connectivity index (χ2n) is 4.94. The number of carboxylic acid groups (broad SMARTS) is 1. The van der Waals surface area contributed by atoms with Gasteiger partial charge in [0.1, 0.15) is 6.04 Å². The summed E-state index contributed by atoms with van der Waals surface area (Å²) in [6.45, 7) is 0.398. The van der Waals surface area contributed by atoms with Crippen molar-refractivity contribution in [2.45, 2.75) is 31.5 Å². The summed E-state index contributed by atoms with van der Waals surface area (Å²) in [6, 6.07) is 6.37. The third-order valence-electron chi connectivity index (χ3n) is 3.56. The normalized spacial score (nSPS) is 22.0. The number of amides is 1. The van der Waals surface area contributed by atoms with Gasteiger partial charge in [-0.1, -0.05) is 24.3 Å². The number of hydrogen-bond donors (Lipinski definition) is 3. The minimum absolute atomic E-state index is 0.0700. The number of nitrogens with zero attached hydrogens (tertiary/aromatic N) is 1. The number of aliphatic hydroxyl groups is 1. The Labute approximate surface area is 116 Å². The molecule has 2 atom stereocenters. The molecule has 1 aromatic carbocycles. The molecule has 1 fully saturated rings. The van der Waals surface area contributed by atoms with Crippen molar-refractivity contribution in [2.75, 3.05) is 6.54 Å². The highest BCUT2D eigenvalue weighted by molar-refractivity contribution is 5.86. The second kappa shape index (κ2) is 6.02. The zero-order chi connectivity index (χ0) is 14.7. The molecule has 1 aliphatic heterocycles. The first kappa shape index (κ1) is 14.5. The van der Waals surface area contributed by atoms with Crippen molar-refractivity contribution in [1.29, 1.82) is 0 Å². The van der Waals surface area contributed by atoms with Crippen molar-refractivity contribution in [3.63, 3.8) is 0 Å². The summed E-state index contributed by atoms with van der Waals surface area (Å²) in [5.74, 6) is -1.38. The fraction of sp³-hybridized carbons (Fsp3) is 0.429. The highest BCUT2D eigenvalue weighted by Gasteiger charge is 2.38. The topological polar surface area (TPSA) is 104 Å². The predicted molar refractivity (Wildman–Crippen MR) is 71.8 cm³/mol. The van der Waals surface area contributed by atoms with Gasteiger partial charge >= 0.3 is 5.97 Å². The van der Waals surface area contributed by atoms with E-state index in [9.17, 15) is 14.7 Å².